The molecule has 2 aliphatic heterocycles. The first-order valence-electron chi connectivity index (χ1n) is 14.6. The second kappa shape index (κ2) is 12.5. The SMILES string of the molecule is CC(C)(C)OC(=O)N1CCC(O)(C(=O)N2CCC(Nc3ncc(Cl)c(-c4cccc(-c5ccc(F)cc5)c4)n3)CC2)CC1. The van der Waals surface area contributed by atoms with Crippen LogP contribution in [0.3, 0.4) is 0 Å². The third-order valence-corrected chi connectivity index (χ3v) is 8.09. The number of hydrogen-bond acceptors (Lipinski definition) is 7. The van der Waals surface area contributed by atoms with Crippen molar-refractivity contribution in [3.8, 4) is 22.4 Å². The molecule has 0 unspecified atom stereocenters. The summed E-state index contributed by atoms with van der Waals surface area (Å²) in [5.74, 6) is -0.147. The van der Waals surface area contributed by atoms with E-state index in [1.54, 1.807) is 48.9 Å². The van der Waals surface area contributed by atoms with Crippen LogP contribution in [0.25, 0.3) is 22.4 Å². The molecule has 1 aromatic heterocycles. The third-order valence-electron chi connectivity index (χ3n) is 7.81. The molecule has 3 aromatic rings. The summed E-state index contributed by atoms with van der Waals surface area (Å²) in [5, 5.41) is 14.9. The van der Waals surface area contributed by atoms with Gasteiger partial charge in [0.15, 0.2) is 0 Å². The van der Waals surface area contributed by atoms with Gasteiger partial charge in [0.2, 0.25) is 5.95 Å². The molecular weight excluding hydrogens is 573 g/mol. The van der Waals surface area contributed by atoms with Gasteiger partial charge in [0.05, 0.1) is 16.9 Å². The van der Waals surface area contributed by atoms with Crippen molar-refractivity contribution in [1.29, 1.82) is 0 Å². The quantitative estimate of drug-likeness (QED) is 0.378. The van der Waals surface area contributed by atoms with Crippen molar-refractivity contribution < 1.29 is 23.8 Å². The Morgan fingerprint density at radius 1 is 1.00 bits per heavy atom. The van der Waals surface area contributed by atoms with Gasteiger partial charge < -0.3 is 25.0 Å². The Hall–Kier alpha value is -3.76. The standard InChI is InChI=1S/C32H37ClFN5O4/c1-31(2,3)43-30(41)39-17-13-32(42,14-18-39)28(40)38-15-11-25(12-16-38)36-29-35-20-26(33)27(37-29)23-6-4-5-22(19-23)21-7-9-24(34)10-8-21/h4-10,19-20,25,42H,11-18H2,1-3H3,(H,35,36,37). The van der Waals surface area contributed by atoms with Crippen molar-refractivity contribution >= 4 is 29.5 Å². The van der Waals surface area contributed by atoms with Gasteiger partial charge in [-0.1, -0.05) is 41.9 Å². The van der Waals surface area contributed by atoms with E-state index in [0.717, 1.165) is 16.7 Å². The number of anilines is 1. The molecule has 2 fully saturated rings. The molecule has 2 aliphatic rings. The summed E-state index contributed by atoms with van der Waals surface area (Å²) in [6.45, 7) is 6.91. The summed E-state index contributed by atoms with van der Waals surface area (Å²) in [4.78, 5) is 38.0. The zero-order valence-corrected chi connectivity index (χ0v) is 25.4. The molecule has 43 heavy (non-hydrogen) atoms. The van der Waals surface area contributed by atoms with Crippen LogP contribution in [0, 0.1) is 5.82 Å². The highest BCUT2D eigenvalue weighted by Gasteiger charge is 2.44. The number of nitrogens with zero attached hydrogens (tertiary/aromatic N) is 4. The van der Waals surface area contributed by atoms with Crippen molar-refractivity contribution in [3.05, 3.63) is 65.6 Å². The molecule has 0 radical (unpaired) electrons. The zero-order chi connectivity index (χ0) is 30.8. The lowest BCUT2D eigenvalue weighted by molar-refractivity contribution is -0.157. The molecule has 0 atom stereocenters. The van der Waals surface area contributed by atoms with Crippen LogP contribution in [0.4, 0.5) is 15.1 Å². The van der Waals surface area contributed by atoms with Crippen LogP contribution in [-0.2, 0) is 9.53 Å². The molecule has 11 heteroatoms. The molecule has 0 spiro atoms. The van der Waals surface area contributed by atoms with Gasteiger partial charge in [0.1, 0.15) is 17.0 Å². The maximum Gasteiger partial charge on any atom is 0.410 e. The van der Waals surface area contributed by atoms with Crippen molar-refractivity contribution in [2.45, 2.75) is 63.7 Å². The lowest BCUT2D eigenvalue weighted by Crippen LogP contribution is -2.57. The summed E-state index contributed by atoms with van der Waals surface area (Å²) in [5.41, 5.74) is 1.09. The average molecular weight is 610 g/mol. The Labute approximate surface area is 256 Å². The molecule has 2 aromatic carbocycles. The number of ether oxygens (including phenoxy) is 1. The van der Waals surface area contributed by atoms with E-state index in [4.69, 9.17) is 21.3 Å². The Morgan fingerprint density at radius 3 is 2.30 bits per heavy atom. The Bertz CT molecular complexity index is 1460. The van der Waals surface area contributed by atoms with Crippen LogP contribution >= 0.6 is 11.6 Å². The topological polar surface area (TPSA) is 108 Å². The van der Waals surface area contributed by atoms with Crippen LogP contribution in [0.5, 0.6) is 0 Å². The van der Waals surface area contributed by atoms with Crippen molar-refractivity contribution in [2.75, 3.05) is 31.5 Å². The molecule has 2 N–H and O–H groups in total. The number of benzene rings is 2. The number of piperidine rings is 2. The number of amides is 2. The average Bonchev–Trinajstić information content (AvgIpc) is 2.98. The Morgan fingerprint density at radius 2 is 1.65 bits per heavy atom. The molecule has 228 valence electrons. The van der Waals surface area contributed by atoms with Gasteiger partial charge >= 0.3 is 6.09 Å². The van der Waals surface area contributed by atoms with Crippen molar-refractivity contribution in [2.24, 2.45) is 0 Å². The van der Waals surface area contributed by atoms with E-state index in [2.05, 4.69) is 10.3 Å². The first-order valence-corrected chi connectivity index (χ1v) is 14.9. The normalized spacial score (nSPS) is 17.4. The van der Waals surface area contributed by atoms with E-state index in [9.17, 15) is 19.1 Å². The van der Waals surface area contributed by atoms with Crippen molar-refractivity contribution in [1.82, 2.24) is 19.8 Å². The third kappa shape index (κ3) is 7.43. The Kier molecular flexibility index (Phi) is 8.89. The van der Waals surface area contributed by atoms with Crippen LogP contribution in [0.2, 0.25) is 5.02 Å². The van der Waals surface area contributed by atoms with E-state index in [0.29, 0.717) is 42.6 Å². The highest BCUT2D eigenvalue weighted by molar-refractivity contribution is 6.32. The molecule has 2 amide bonds. The lowest BCUT2D eigenvalue weighted by atomic mass is 9.89. The largest absolute Gasteiger partial charge is 0.444 e. The number of aliphatic hydroxyl groups is 1. The monoisotopic (exact) mass is 609 g/mol. The summed E-state index contributed by atoms with van der Waals surface area (Å²) in [7, 11) is 0. The number of rotatable bonds is 5. The highest BCUT2D eigenvalue weighted by atomic mass is 35.5. The van der Waals surface area contributed by atoms with E-state index >= 15 is 0 Å². The molecule has 5 rings (SSSR count). The van der Waals surface area contributed by atoms with Crippen LogP contribution in [0.15, 0.2) is 54.7 Å². The number of halogens is 2. The minimum Gasteiger partial charge on any atom is -0.444 e. The fourth-order valence-electron chi connectivity index (χ4n) is 5.43. The van der Waals surface area contributed by atoms with Crippen LogP contribution in [0.1, 0.15) is 46.5 Å². The maximum absolute atomic E-state index is 13.4. The molecule has 0 saturated carbocycles. The number of aromatic nitrogens is 2. The van der Waals surface area contributed by atoms with E-state index < -0.39 is 17.3 Å². The summed E-state index contributed by atoms with van der Waals surface area (Å²) in [6, 6.07) is 14.1. The number of carbonyl (C=O) groups is 2. The van der Waals surface area contributed by atoms with Crippen molar-refractivity contribution in [3.63, 3.8) is 0 Å². The maximum atomic E-state index is 13.4. The van der Waals surface area contributed by atoms with E-state index in [1.807, 2.05) is 24.3 Å². The number of hydrogen-bond donors (Lipinski definition) is 2. The van der Waals surface area contributed by atoms with Gasteiger partial charge in [-0.25, -0.2) is 19.2 Å². The van der Waals surface area contributed by atoms with E-state index in [1.165, 1.54) is 12.1 Å². The number of likely N-dealkylation sites (tertiary alicyclic amines) is 2. The van der Waals surface area contributed by atoms with Gasteiger partial charge in [-0.15, -0.1) is 0 Å². The molecule has 0 bridgehead atoms. The minimum absolute atomic E-state index is 0.0345. The van der Waals surface area contributed by atoms with Gasteiger partial charge in [-0.3, -0.25) is 4.79 Å². The van der Waals surface area contributed by atoms with E-state index in [-0.39, 0.29) is 43.7 Å². The minimum atomic E-state index is -1.49. The van der Waals surface area contributed by atoms with Gasteiger partial charge in [0.25, 0.3) is 5.91 Å². The molecule has 3 heterocycles. The fraction of sp³-hybridized carbons (Fsp3) is 0.438. The zero-order valence-electron chi connectivity index (χ0n) is 24.6. The summed E-state index contributed by atoms with van der Waals surface area (Å²) >= 11 is 6.49. The first kappa shape index (κ1) is 30.7. The Balaban J connectivity index is 1.17. The van der Waals surface area contributed by atoms with Gasteiger partial charge in [-0.05, 0) is 62.9 Å². The van der Waals surface area contributed by atoms with Crippen LogP contribution < -0.4 is 5.32 Å². The number of carbonyl (C=O) groups excluding carboxylic acids is 2. The molecule has 0 aliphatic carbocycles. The lowest BCUT2D eigenvalue weighted by Gasteiger charge is -2.41. The smallest absolute Gasteiger partial charge is 0.410 e. The molecular formula is C32H37ClFN5O4. The summed E-state index contributed by atoms with van der Waals surface area (Å²) < 4.78 is 18.8. The van der Waals surface area contributed by atoms with Gasteiger partial charge in [0, 0.05) is 50.6 Å². The van der Waals surface area contributed by atoms with Gasteiger partial charge in [-0.2, -0.15) is 0 Å². The molecule has 2 saturated heterocycles. The second-order valence-corrected chi connectivity index (χ2v) is 12.6. The summed E-state index contributed by atoms with van der Waals surface area (Å²) in [6.07, 6.45) is 2.80. The predicted octanol–water partition coefficient (Wildman–Crippen LogP) is 5.77. The highest BCUT2D eigenvalue weighted by Crippen LogP contribution is 2.31. The first-order chi connectivity index (χ1) is 20.4. The molecule has 9 nitrogen and oxygen atoms in total. The second-order valence-electron chi connectivity index (χ2n) is 12.2. The van der Waals surface area contributed by atoms with Crippen LogP contribution in [-0.4, -0.2) is 80.3 Å². The fourth-order valence-corrected chi connectivity index (χ4v) is 5.63. The number of nitrogens with one attached hydrogen (secondary N) is 1. The predicted molar refractivity (Wildman–Crippen MR) is 163 cm³/mol.